The maximum absolute atomic E-state index is 11.9. The molecular weight excluding hydrogens is 334 g/mol. The zero-order valence-electron chi connectivity index (χ0n) is 13.5. The topological polar surface area (TPSA) is 111 Å². The van der Waals surface area contributed by atoms with E-state index in [0.29, 0.717) is 6.61 Å². The van der Waals surface area contributed by atoms with Gasteiger partial charge in [-0.2, -0.15) is 0 Å². The lowest BCUT2D eigenvalue weighted by molar-refractivity contribution is -0.120. The lowest BCUT2D eigenvalue weighted by atomic mass is 10.1. The van der Waals surface area contributed by atoms with Crippen LogP contribution in [-0.4, -0.2) is 43.9 Å². The molecular formula is C15H19N3O5S. The summed E-state index contributed by atoms with van der Waals surface area (Å²) in [6, 6.07) is 7.30. The molecule has 0 radical (unpaired) electrons. The van der Waals surface area contributed by atoms with Gasteiger partial charge < -0.3 is 14.5 Å². The summed E-state index contributed by atoms with van der Waals surface area (Å²) in [7, 11) is -3.51. The number of sulfone groups is 1. The second-order valence-electron chi connectivity index (χ2n) is 5.09. The standard InChI is InChI=1S/C15H19N3O5S/c1-3-22-12-6-4-11(5-7-12)10-13(19)16-9-8-14-17-18-15(23-14)24(2,20)21/h4-7H,3,8-10H2,1-2H3,(H,16,19). The van der Waals surface area contributed by atoms with Crippen LogP contribution in [0.15, 0.2) is 33.9 Å². The first kappa shape index (κ1) is 17.9. The Balaban J connectivity index is 1.78. The Morgan fingerprint density at radius 2 is 1.96 bits per heavy atom. The van der Waals surface area contributed by atoms with Crippen molar-refractivity contribution in [1.29, 1.82) is 0 Å². The van der Waals surface area contributed by atoms with E-state index in [9.17, 15) is 13.2 Å². The molecule has 0 atom stereocenters. The molecule has 1 aromatic carbocycles. The van der Waals surface area contributed by atoms with E-state index in [1.165, 1.54) is 0 Å². The molecule has 0 fully saturated rings. The van der Waals surface area contributed by atoms with Crippen LogP contribution in [0.5, 0.6) is 5.75 Å². The Bertz CT molecular complexity index is 784. The molecule has 1 aromatic heterocycles. The molecule has 2 aromatic rings. The van der Waals surface area contributed by atoms with Crippen LogP contribution < -0.4 is 10.1 Å². The van der Waals surface area contributed by atoms with Crippen LogP contribution in [0.1, 0.15) is 18.4 Å². The highest BCUT2D eigenvalue weighted by Crippen LogP contribution is 2.12. The van der Waals surface area contributed by atoms with Crippen molar-refractivity contribution >= 4 is 15.7 Å². The molecule has 1 N–H and O–H groups in total. The van der Waals surface area contributed by atoms with Gasteiger partial charge in [0.15, 0.2) is 0 Å². The lowest BCUT2D eigenvalue weighted by Crippen LogP contribution is -2.27. The van der Waals surface area contributed by atoms with Gasteiger partial charge in [-0.05, 0) is 24.6 Å². The molecule has 2 rings (SSSR count). The van der Waals surface area contributed by atoms with Crippen LogP contribution in [0, 0.1) is 0 Å². The van der Waals surface area contributed by atoms with E-state index in [1.54, 1.807) is 0 Å². The van der Waals surface area contributed by atoms with E-state index < -0.39 is 15.1 Å². The number of benzene rings is 1. The second-order valence-corrected chi connectivity index (χ2v) is 6.98. The predicted octanol–water partition coefficient (Wildman–Crippen LogP) is 0.773. The van der Waals surface area contributed by atoms with Gasteiger partial charge in [-0.1, -0.05) is 17.2 Å². The highest BCUT2D eigenvalue weighted by molar-refractivity contribution is 7.90. The van der Waals surface area contributed by atoms with Crippen molar-refractivity contribution in [2.45, 2.75) is 25.0 Å². The summed E-state index contributed by atoms with van der Waals surface area (Å²) in [5.41, 5.74) is 0.869. The van der Waals surface area contributed by atoms with Crippen LogP contribution in [0.3, 0.4) is 0 Å². The summed E-state index contributed by atoms with van der Waals surface area (Å²) >= 11 is 0. The number of rotatable bonds is 8. The molecule has 0 aliphatic heterocycles. The number of hydrogen-bond acceptors (Lipinski definition) is 7. The highest BCUT2D eigenvalue weighted by atomic mass is 32.2. The molecule has 0 spiro atoms. The first-order valence-corrected chi connectivity index (χ1v) is 9.28. The van der Waals surface area contributed by atoms with Gasteiger partial charge in [0.1, 0.15) is 5.75 Å². The Labute approximate surface area is 140 Å². The van der Waals surface area contributed by atoms with Crippen molar-refractivity contribution in [1.82, 2.24) is 15.5 Å². The molecule has 9 heteroatoms. The number of ether oxygens (including phenoxy) is 1. The third-order valence-corrected chi connectivity index (χ3v) is 3.82. The normalized spacial score (nSPS) is 11.2. The first-order chi connectivity index (χ1) is 11.4. The fourth-order valence-electron chi connectivity index (χ4n) is 1.92. The first-order valence-electron chi connectivity index (χ1n) is 7.39. The van der Waals surface area contributed by atoms with Crippen LogP contribution >= 0.6 is 0 Å². The molecule has 0 bridgehead atoms. The van der Waals surface area contributed by atoms with Gasteiger partial charge in [0, 0.05) is 19.2 Å². The average Bonchev–Trinajstić information content (AvgIpc) is 2.99. The molecule has 0 unspecified atom stereocenters. The minimum absolute atomic E-state index is 0.151. The van der Waals surface area contributed by atoms with Gasteiger partial charge in [0.05, 0.1) is 13.0 Å². The summed E-state index contributed by atoms with van der Waals surface area (Å²) in [6.45, 7) is 2.78. The maximum Gasteiger partial charge on any atom is 0.335 e. The number of nitrogens with zero attached hydrogens (tertiary/aromatic N) is 2. The number of carbonyl (C=O) groups excluding carboxylic acids is 1. The average molecular weight is 353 g/mol. The third kappa shape index (κ3) is 5.34. The molecule has 0 saturated heterocycles. The Kier molecular flexibility index (Phi) is 5.91. The van der Waals surface area contributed by atoms with E-state index in [4.69, 9.17) is 9.15 Å². The van der Waals surface area contributed by atoms with Crippen LogP contribution in [0.25, 0.3) is 0 Å². The smallest absolute Gasteiger partial charge is 0.335 e. The fourth-order valence-corrected chi connectivity index (χ4v) is 2.35. The van der Waals surface area contributed by atoms with E-state index in [2.05, 4.69) is 15.5 Å². The highest BCUT2D eigenvalue weighted by Gasteiger charge is 2.16. The van der Waals surface area contributed by atoms with E-state index >= 15 is 0 Å². The zero-order valence-corrected chi connectivity index (χ0v) is 14.3. The number of amides is 1. The van der Waals surface area contributed by atoms with Crippen molar-refractivity contribution in [3.8, 4) is 5.75 Å². The van der Waals surface area contributed by atoms with Crippen LogP contribution in [0.4, 0.5) is 0 Å². The predicted molar refractivity (Wildman–Crippen MR) is 85.4 cm³/mol. The fraction of sp³-hybridized carbons (Fsp3) is 0.400. The number of carbonyl (C=O) groups is 1. The van der Waals surface area contributed by atoms with Gasteiger partial charge >= 0.3 is 5.22 Å². The summed E-state index contributed by atoms with van der Waals surface area (Å²) in [6.07, 6.45) is 1.49. The Morgan fingerprint density at radius 1 is 1.25 bits per heavy atom. The molecule has 130 valence electrons. The Hall–Kier alpha value is -2.42. The van der Waals surface area contributed by atoms with Gasteiger partial charge in [-0.3, -0.25) is 4.79 Å². The van der Waals surface area contributed by atoms with E-state index in [0.717, 1.165) is 17.6 Å². The lowest BCUT2D eigenvalue weighted by Gasteiger charge is -2.06. The van der Waals surface area contributed by atoms with Crippen molar-refractivity contribution in [3.63, 3.8) is 0 Å². The van der Waals surface area contributed by atoms with Gasteiger partial charge in [-0.15, -0.1) is 5.10 Å². The third-order valence-electron chi connectivity index (χ3n) is 3.03. The number of hydrogen-bond donors (Lipinski definition) is 1. The number of nitrogens with one attached hydrogen (secondary N) is 1. The Morgan fingerprint density at radius 3 is 2.54 bits per heavy atom. The van der Waals surface area contributed by atoms with Crippen molar-refractivity contribution in [2.24, 2.45) is 0 Å². The van der Waals surface area contributed by atoms with Crippen LogP contribution in [0.2, 0.25) is 0 Å². The van der Waals surface area contributed by atoms with Crippen molar-refractivity contribution in [2.75, 3.05) is 19.4 Å². The SMILES string of the molecule is CCOc1ccc(CC(=O)NCCc2nnc(S(C)(=O)=O)o2)cc1. The largest absolute Gasteiger partial charge is 0.494 e. The summed E-state index contributed by atoms with van der Waals surface area (Å²) in [5.74, 6) is 0.776. The quantitative estimate of drug-likeness (QED) is 0.746. The van der Waals surface area contributed by atoms with E-state index in [-0.39, 0.29) is 31.2 Å². The molecule has 0 aliphatic carbocycles. The maximum atomic E-state index is 11.9. The second kappa shape index (κ2) is 7.91. The summed E-state index contributed by atoms with van der Waals surface area (Å²) in [5, 5.41) is 9.38. The molecule has 1 heterocycles. The molecule has 24 heavy (non-hydrogen) atoms. The van der Waals surface area contributed by atoms with Gasteiger partial charge in [-0.25, -0.2) is 8.42 Å². The van der Waals surface area contributed by atoms with Crippen molar-refractivity contribution < 1.29 is 22.4 Å². The summed E-state index contributed by atoms with van der Waals surface area (Å²) in [4.78, 5) is 11.9. The minimum atomic E-state index is -3.51. The summed E-state index contributed by atoms with van der Waals surface area (Å²) < 4.78 is 32.8. The number of aromatic nitrogens is 2. The van der Waals surface area contributed by atoms with Gasteiger partial charge in [0.25, 0.3) is 0 Å². The van der Waals surface area contributed by atoms with Gasteiger partial charge in [0.2, 0.25) is 21.6 Å². The zero-order chi connectivity index (χ0) is 17.6. The van der Waals surface area contributed by atoms with E-state index in [1.807, 2.05) is 31.2 Å². The molecule has 8 nitrogen and oxygen atoms in total. The van der Waals surface area contributed by atoms with Crippen LogP contribution in [-0.2, 0) is 27.5 Å². The molecule has 1 amide bonds. The monoisotopic (exact) mass is 353 g/mol. The molecule has 0 aliphatic rings. The minimum Gasteiger partial charge on any atom is -0.494 e. The van der Waals surface area contributed by atoms with Crippen molar-refractivity contribution in [3.05, 3.63) is 35.7 Å². The molecule has 0 saturated carbocycles.